The summed E-state index contributed by atoms with van der Waals surface area (Å²) in [6.07, 6.45) is 1.25. The van der Waals surface area contributed by atoms with Crippen LogP contribution < -0.4 is 9.47 Å². The van der Waals surface area contributed by atoms with Crippen molar-refractivity contribution in [3.05, 3.63) is 65.2 Å². The van der Waals surface area contributed by atoms with E-state index in [-0.39, 0.29) is 0 Å². The van der Waals surface area contributed by atoms with Crippen LogP contribution in [0.25, 0.3) is 5.57 Å². The Morgan fingerprint density at radius 1 is 0.710 bits per heavy atom. The maximum absolute atomic E-state index is 5.50. The molecule has 31 heavy (non-hydrogen) atoms. The summed E-state index contributed by atoms with van der Waals surface area (Å²) in [6, 6.07) is 17.9. The van der Waals surface area contributed by atoms with Crippen molar-refractivity contribution in [2.75, 3.05) is 14.2 Å². The predicted molar refractivity (Wildman–Crippen MR) is 119 cm³/mol. The monoisotopic (exact) mass is 452 g/mol. The molecule has 12 rings (SSSR count). The van der Waals surface area contributed by atoms with Crippen LogP contribution in [0.1, 0.15) is 24.5 Å². The molecule has 0 N–H and O–H groups in total. The Balaban J connectivity index is 1.19. The summed E-state index contributed by atoms with van der Waals surface area (Å²) in [5.74, 6) is 1.91. The van der Waals surface area contributed by atoms with Crippen molar-refractivity contribution in [2.24, 2.45) is 0 Å². The molecule has 1 spiro atoms. The molecule has 3 heteroatoms. The summed E-state index contributed by atoms with van der Waals surface area (Å²) < 4.78 is 11.8. The number of ether oxygens (including phenoxy) is 2. The molecule has 2 aromatic carbocycles. The quantitative estimate of drug-likeness (QED) is 0.419. The first-order valence-corrected chi connectivity index (χ1v) is 18.5. The molecular weight excluding hydrogens is 424 g/mol. The van der Waals surface area contributed by atoms with Gasteiger partial charge in [-0.1, -0.05) is 0 Å². The van der Waals surface area contributed by atoms with Crippen molar-refractivity contribution < 1.29 is 16.0 Å². The van der Waals surface area contributed by atoms with Gasteiger partial charge in [-0.3, -0.25) is 0 Å². The summed E-state index contributed by atoms with van der Waals surface area (Å²) in [4.78, 5) is 12.1. The topological polar surface area (TPSA) is 18.5 Å². The van der Waals surface area contributed by atoms with Gasteiger partial charge in [-0.05, 0) is 0 Å². The van der Waals surface area contributed by atoms with Gasteiger partial charge in [0.25, 0.3) is 0 Å². The second-order valence-electron chi connectivity index (χ2n) is 14.3. The second kappa shape index (κ2) is 1.90. The normalized spacial score (nSPS) is 70.1. The van der Waals surface area contributed by atoms with Crippen molar-refractivity contribution in [3.8, 4) is 11.5 Å². The molecule has 4 atom stereocenters. The summed E-state index contributed by atoms with van der Waals surface area (Å²) >= 11 is 0. The minimum absolute atomic E-state index is 0.795. The zero-order chi connectivity index (χ0) is 20.3. The Bertz CT molecular complexity index is 1580. The van der Waals surface area contributed by atoms with E-state index >= 15 is 0 Å². The summed E-state index contributed by atoms with van der Waals surface area (Å²) in [7, 11) is 3.53. The zero-order valence-electron chi connectivity index (χ0n) is 18.2. The standard InChI is InChI=1S/C23H23O2.C5H5.Fe/c1-4-22(17-7-5-6-8-17)23(18-9-13-20(24-2)14-10-18)19-11-15-21(25-3)16-12-19;1-2-4-5-3-1;/h5-16H,4H2,1-3H3;1-5H;. The van der Waals surface area contributed by atoms with Crippen LogP contribution >= 0.6 is 0 Å². The predicted octanol–water partition coefficient (Wildman–Crippen LogP) is 7.68. The molecule has 10 fully saturated rings. The third-order valence-corrected chi connectivity index (χ3v) is 60.9. The minimum atomic E-state index is -3.24. The molecule has 0 saturated carbocycles. The summed E-state index contributed by atoms with van der Waals surface area (Å²) in [5, 5.41) is 0. The van der Waals surface area contributed by atoms with Crippen LogP contribution in [0.3, 0.4) is 0 Å². The Hall–Kier alpha value is -1.70. The summed E-state index contributed by atoms with van der Waals surface area (Å²) in [5.41, 5.74) is 6.31. The fourth-order valence-electron chi connectivity index (χ4n) is 19.7. The van der Waals surface area contributed by atoms with E-state index < -0.39 is 6.51 Å². The van der Waals surface area contributed by atoms with E-state index in [2.05, 4.69) is 55.5 Å². The molecule has 10 saturated heterocycles. The van der Waals surface area contributed by atoms with Gasteiger partial charge in [0.2, 0.25) is 0 Å². The van der Waals surface area contributed by atoms with Gasteiger partial charge in [-0.25, -0.2) is 0 Å². The van der Waals surface area contributed by atoms with Crippen molar-refractivity contribution in [2.45, 2.75) is 61.0 Å². The third-order valence-electron chi connectivity index (χ3n) is 18.5. The zero-order valence-corrected chi connectivity index (χ0v) is 19.3. The van der Waals surface area contributed by atoms with Crippen LogP contribution in [-0.4, -0.2) is 14.2 Å². The van der Waals surface area contributed by atoms with Gasteiger partial charge in [0.1, 0.15) is 0 Å². The first-order valence-electron chi connectivity index (χ1n) is 12.2. The van der Waals surface area contributed by atoms with Crippen molar-refractivity contribution in [1.29, 1.82) is 0 Å². The fourth-order valence-corrected chi connectivity index (χ4v) is 94.2. The van der Waals surface area contributed by atoms with Crippen molar-refractivity contribution in [3.63, 3.8) is 0 Å². The van der Waals surface area contributed by atoms with Gasteiger partial charge in [0.05, 0.1) is 0 Å². The third kappa shape index (κ3) is 0.300. The molecule has 0 aromatic heterocycles. The van der Waals surface area contributed by atoms with Gasteiger partial charge < -0.3 is 0 Å². The van der Waals surface area contributed by atoms with E-state index in [1.807, 2.05) is 5.57 Å². The number of fused-ring (bicyclic) bond motifs is 10. The average Bonchev–Trinajstić information content (AvgIpc) is 3.76. The van der Waals surface area contributed by atoms with Crippen LogP contribution in [0.2, 0.25) is 47.7 Å². The van der Waals surface area contributed by atoms with E-state index in [1.54, 1.807) is 19.8 Å². The molecule has 4 unspecified atom stereocenters. The number of rotatable bonds is 6. The van der Waals surface area contributed by atoms with Gasteiger partial charge in [-0.2, -0.15) is 0 Å². The Morgan fingerprint density at radius 3 is 1.39 bits per heavy atom. The van der Waals surface area contributed by atoms with Crippen LogP contribution in [0, 0.1) is 0 Å². The van der Waals surface area contributed by atoms with Crippen LogP contribution in [-0.2, 0) is 6.51 Å². The molecule has 0 amide bonds. The van der Waals surface area contributed by atoms with E-state index in [0.29, 0.717) is 0 Å². The van der Waals surface area contributed by atoms with Gasteiger partial charge in [0, 0.05) is 0 Å². The molecule has 0 radical (unpaired) electrons. The number of hydrogen-bond acceptors (Lipinski definition) is 2. The molecule has 2 nitrogen and oxygen atoms in total. The Kier molecular flexibility index (Phi) is 0.887. The Morgan fingerprint density at radius 2 is 1.13 bits per heavy atom. The second-order valence-corrected chi connectivity index (χ2v) is 37.9. The Labute approximate surface area is 173 Å². The van der Waals surface area contributed by atoms with Crippen molar-refractivity contribution in [1.82, 2.24) is 0 Å². The number of hydrogen-bond donors (Lipinski definition) is 0. The molecule has 0 bridgehead atoms. The number of allylic oxidation sites excluding steroid dienone is 1. The number of methoxy groups -OCH3 is 2. The van der Waals surface area contributed by atoms with Gasteiger partial charge >= 0.3 is 174 Å². The number of benzene rings is 2. The van der Waals surface area contributed by atoms with Gasteiger partial charge in [0.15, 0.2) is 0 Å². The van der Waals surface area contributed by atoms with E-state index in [9.17, 15) is 0 Å². The average molecular weight is 452 g/mol. The first kappa shape index (κ1) is 14.4. The molecule has 2 aromatic rings. The molecular formula is C28H28FeO2. The van der Waals surface area contributed by atoms with Crippen LogP contribution in [0.15, 0.2) is 54.1 Å². The molecule has 0 aliphatic carbocycles. The molecule has 10 aliphatic rings. The SMILES string of the molecule is CCC(=C(c1ccc(OC)cc1)c1ccc(OC)cc1)[C]12[CH]3[CH]4[CH]5[CH]1[Fe]45321678[CH]2[CH]1[CH]6[CH]7[CH]28. The van der Waals surface area contributed by atoms with E-state index in [4.69, 9.17) is 9.47 Å². The van der Waals surface area contributed by atoms with E-state index in [0.717, 1.165) is 15.8 Å². The van der Waals surface area contributed by atoms with Crippen LogP contribution in [0.4, 0.5) is 0 Å². The molecule has 10 heterocycles. The fraction of sp³-hybridized carbons (Fsp3) is 0.500. The molecule has 10 aliphatic heterocycles. The van der Waals surface area contributed by atoms with Crippen molar-refractivity contribution >= 4 is 5.57 Å². The van der Waals surface area contributed by atoms with Gasteiger partial charge in [-0.15, -0.1) is 0 Å². The summed E-state index contributed by atoms with van der Waals surface area (Å²) in [6.45, 7) is -0.755. The molecule has 160 valence electrons. The van der Waals surface area contributed by atoms with Crippen LogP contribution in [0.5, 0.6) is 11.5 Å². The van der Waals surface area contributed by atoms with E-state index in [1.165, 1.54) is 60.9 Å². The first-order chi connectivity index (χ1) is 14.9. The maximum atomic E-state index is 5.50.